The largest absolute Gasteiger partial charge is 0.361 e. The molecule has 1 heterocycles. The van der Waals surface area contributed by atoms with Gasteiger partial charge in [0.15, 0.2) is 0 Å². The summed E-state index contributed by atoms with van der Waals surface area (Å²) in [5, 5.41) is 14.0. The number of aromatic nitrogens is 1. The lowest BCUT2D eigenvalue weighted by Crippen LogP contribution is -2.23. The summed E-state index contributed by atoms with van der Waals surface area (Å²) in [7, 11) is 0. The highest BCUT2D eigenvalue weighted by atomic mass is 16.5. The first-order valence-corrected chi connectivity index (χ1v) is 12.3. The summed E-state index contributed by atoms with van der Waals surface area (Å²) in [6, 6.07) is 8.53. The van der Waals surface area contributed by atoms with Gasteiger partial charge in [-0.3, -0.25) is 4.79 Å². The van der Waals surface area contributed by atoms with E-state index in [4.69, 9.17) is 4.52 Å². The number of ketones is 1. The van der Waals surface area contributed by atoms with Crippen LogP contribution < -0.4 is 0 Å². The smallest absolute Gasteiger partial charge is 0.143 e. The molecule has 2 aliphatic carbocycles. The minimum atomic E-state index is -0.169. The van der Waals surface area contributed by atoms with E-state index in [-0.39, 0.29) is 11.7 Å². The average Bonchev–Trinajstić information content (AvgIpc) is 3.45. The van der Waals surface area contributed by atoms with Gasteiger partial charge in [-0.15, -0.1) is 0 Å². The third-order valence-electron chi connectivity index (χ3n) is 7.26. The molecule has 0 aliphatic heterocycles. The number of rotatable bonds is 10. The van der Waals surface area contributed by atoms with E-state index in [0.717, 1.165) is 34.4 Å². The van der Waals surface area contributed by atoms with E-state index in [0.29, 0.717) is 31.1 Å². The van der Waals surface area contributed by atoms with Crippen LogP contribution in [0.3, 0.4) is 0 Å². The van der Waals surface area contributed by atoms with Gasteiger partial charge in [0.1, 0.15) is 11.5 Å². The van der Waals surface area contributed by atoms with Crippen LogP contribution in [0.4, 0.5) is 0 Å². The van der Waals surface area contributed by atoms with E-state index in [2.05, 4.69) is 57.1 Å². The van der Waals surface area contributed by atoms with Gasteiger partial charge < -0.3 is 4.52 Å². The maximum absolute atomic E-state index is 13.0. The zero-order chi connectivity index (χ0) is 22.8. The van der Waals surface area contributed by atoms with Crippen molar-refractivity contribution in [2.75, 3.05) is 0 Å². The zero-order valence-corrected chi connectivity index (χ0v) is 20.0. The van der Waals surface area contributed by atoms with Crippen molar-refractivity contribution in [1.82, 2.24) is 5.16 Å². The lowest BCUT2D eigenvalue weighted by atomic mass is 9.69. The van der Waals surface area contributed by atoms with E-state index >= 15 is 0 Å². The second kappa shape index (κ2) is 9.61. The molecule has 1 aromatic heterocycles. The number of nitriles is 1. The van der Waals surface area contributed by atoms with Gasteiger partial charge in [-0.1, -0.05) is 42.8 Å². The maximum Gasteiger partial charge on any atom is 0.143 e. The maximum atomic E-state index is 13.0. The number of Topliss-reactive ketones (excluding diaryl/α,β-unsaturated/α-hetero) is 1. The van der Waals surface area contributed by atoms with E-state index in [1.54, 1.807) is 0 Å². The number of hydrogen-bond donors (Lipinski definition) is 0. The van der Waals surface area contributed by atoms with Crippen molar-refractivity contribution in [3.05, 3.63) is 51.9 Å². The Bertz CT molecular complexity index is 1000. The van der Waals surface area contributed by atoms with Crippen molar-refractivity contribution in [2.24, 2.45) is 11.8 Å². The van der Waals surface area contributed by atoms with Crippen molar-refractivity contribution in [2.45, 2.75) is 96.8 Å². The Morgan fingerprint density at radius 2 is 1.97 bits per heavy atom. The fourth-order valence-electron chi connectivity index (χ4n) is 5.48. The normalized spacial score (nSPS) is 21.2. The number of benzene rings is 1. The van der Waals surface area contributed by atoms with E-state index in [1.165, 1.54) is 43.2 Å². The molecule has 0 N–H and O–H groups in total. The summed E-state index contributed by atoms with van der Waals surface area (Å²) in [5.41, 5.74) is 5.57. The number of hydrogen-bond acceptors (Lipinski definition) is 4. The molecule has 4 rings (SSSR count). The Morgan fingerprint density at radius 3 is 2.59 bits per heavy atom. The monoisotopic (exact) mass is 432 g/mol. The Morgan fingerprint density at radius 1 is 1.22 bits per heavy atom. The standard InChI is InChI=1S/C28H36N2O2/c1-17(2)11-20-13-24(14-20)28-26(21-7-8-21)27(30-32-28)23(9-10-29)16-25(31)15-22-6-5-18(3)12-19(22)4/h5-6,12,17,20-21,23-24H,7-9,11,13-16H2,1-4H3/t20?,23-,24?/m0/s1. The van der Waals surface area contributed by atoms with Crippen LogP contribution in [-0.2, 0) is 11.2 Å². The van der Waals surface area contributed by atoms with Gasteiger partial charge in [0.05, 0.1) is 11.8 Å². The molecule has 0 spiro atoms. The molecule has 170 valence electrons. The molecule has 1 aromatic carbocycles. The molecule has 2 fully saturated rings. The fraction of sp³-hybridized carbons (Fsp3) is 0.607. The van der Waals surface area contributed by atoms with Gasteiger partial charge >= 0.3 is 0 Å². The number of aryl methyl sites for hydroxylation is 2. The molecule has 2 saturated carbocycles. The molecule has 1 atom stereocenters. The Kier molecular flexibility index (Phi) is 6.84. The second-order valence-electron chi connectivity index (χ2n) is 10.7. The minimum Gasteiger partial charge on any atom is -0.361 e. The molecule has 0 amide bonds. The van der Waals surface area contributed by atoms with Crippen LogP contribution in [0.25, 0.3) is 0 Å². The minimum absolute atomic E-state index is 0.169. The highest BCUT2D eigenvalue weighted by molar-refractivity contribution is 5.82. The average molecular weight is 433 g/mol. The lowest BCUT2D eigenvalue weighted by molar-refractivity contribution is -0.118. The first kappa shape index (κ1) is 22.8. The predicted octanol–water partition coefficient (Wildman–Crippen LogP) is 6.91. The zero-order valence-electron chi connectivity index (χ0n) is 20.0. The van der Waals surface area contributed by atoms with E-state index in [1.807, 2.05) is 0 Å². The fourth-order valence-corrected chi connectivity index (χ4v) is 5.48. The molecule has 0 saturated heterocycles. The third kappa shape index (κ3) is 5.14. The van der Waals surface area contributed by atoms with Gasteiger partial charge in [-0.2, -0.15) is 5.26 Å². The number of carbonyl (C=O) groups is 1. The van der Waals surface area contributed by atoms with Crippen molar-refractivity contribution in [3.8, 4) is 6.07 Å². The second-order valence-corrected chi connectivity index (χ2v) is 10.7. The molecule has 4 nitrogen and oxygen atoms in total. The Hall–Kier alpha value is -2.41. The van der Waals surface area contributed by atoms with Crippen LogP contribution in [-0.4, -0.2) is 10.9 Å². The van der Waals surface area contributed by atoms with Crippen molar-refractivity contribution in [3.63, 3.8) is 0 Å². The van der Waals surface area contributed by atoms with Crippen molar-refractivity contribution in [1.29, 1.82) is 5.26 Å². The summed E-state index contributed by atoms with van der Waals surface area (Å²) in [6.45, 7) is 8.70. The molecular weight excluding hydrogens is 396 g/mol. The molecule has 2 aliphatic rings. The Balaban J connectivity index is 1.49. The number of nitrogens with zero attached hydrogens (tertiary/aromatic N) is 2. The molecule has 4 heteroatoms. The quantitative estimate of drug-likeness (QED) is 0.409. The summed E-state index contributed by atoms with van der Waals surface area (Å²) in [4.78, 5) is 13.0. The first-order valence-electron chi connectivity index (χ1n) is 12.3. The van der Waals surface area contributed by atoms with Gasteiger partial charge in [0, 0.05) is 36.7 Å². The van der Waals surface area contributed by atoms with Gasteiger partial charge in [0.25, 0.3) is 0 Å². The summed E-state index contributed by atoms with van der Waals surface area (Å²) < 4.78 is 5.94. The topological polar surface area (TPSA) is 66.9 Å². The van der Waals surface area contributed by atoms with E-state index in [9.17, 15) is 10.1 Å². The van der Waals surface area contributed by atoms with Gasteiger partial charge in [-0.05, 0) is 74.8 Å². The van der Waals surface area contributed by atoms with Crippen LogP contribution >= 0.6 is 0 Å². The van der Waals surface area contributed by atoms with Gasteiger partial charge in [-0.25, -0.2) is 0 Å². The molecule has 0 radical (unpaired) electrons. The highest BCUT2D eigenvalue weighted by Crippen LogP contribution is 2.52. The van der Waals surface area contributed by atoms with Crippen molar-refractivity contribution < 1.29 is 9.32 Å². The summed E-state index contributed by atoms with van der Waals surface area (Å²) in [5.74, 6) is 3.55. The molecule has 0 unspecified atom stereocenters. The first-order chi connectivity index (χ1) is 15.4. The molecular formula is C28H36N2O2. The molecule has 0 bridgehead atoms. The molecule has 2 aromatic rings. The van der Waals surface area contributed by atoms with E-state index < -0.39 is 0 Å². The Labute approximate surface area is 192 Å². The van der Waals surface area contributed by atoms with Crippen LogP contribution in [0.5, 0.6) is 0 Å². The molecule has 32 heavy (non-hydrogen) atoms. The lowest BCUT2D eigenvalue weighted by Gasteiger charge is -2.35. The summed E-state index contributed by atoms with van der Waals surface area (Å²) >= 11 is 0. The van der Waals surface area contributed by atoms with Crippen molar-refractivity contribution >= 4 is 5.78 Å². The van der Waals surface area contributed by atoms with Crippen LogP contribution in [0.1, 0.15) is 110 Å². The van der Waals surface area contributed by atoms with Gasteiger partial charge in [0.2, 0.25) is 0 Å². The van der Waals surface area contributed by atoms with Crippen LogP contribution in [0.2, 0.25) is 0 Å². The highest BCUT2D eigenvalue weighted by Gasteiger charge is 2.41. The predicted molar refractivity (Wildman–Crippen MR) is 126 cm³/mol. The number of carbonyl (C=O) groups excluding carboxylic acids is 1. The van der Waals surface area contributed by atoms with Crippen LogP contribution in [0.15, 0.2) is 22.7 Å². The van der Waals surface area contributed by atoms with Crippen LogP contribution in [0, 0.1) is 37.0 Å². The summed E-state index contributed by atoms with van der Waals surface area (Å²) in [6.07, 6.45) is 7.05. The SMILES string of the molecule is Cc1ccc(CC(=O)C[C@H](CC#N)c2noc(C3CC(CC(C)C)C3)c2C2CC2)c(C)c1. The third-order valence-corrected chi connectivity index (χ3v) is 7.26.